The minimum Gasteiger partial charge on any atom is -0.336 e. The van der Waals surface area contributed by atoms with Crippen molar-refractivity contribution in [1.29, 1.82) is 0 Å². The van der Waals surface area contributed by atoms with Crippen LogP contribution in [-0.4, -0.2) is 45.4 Å². The van der Waals surface area contributed by atoms with Crippen LogP contribution in [0.25, 0.3) is 0 Å². The highest BCUT2D eigenvalue weighted by atomic mass is 35.5. The predicted octanol–water partition coefficient (Wildman–Crippen LogP) is 1.71. The molecule has 1 aromatic rings. The number of thioether (sulfide) groups is 1. The number of hydrogen-bond donors (Lipinski definition) is 0. The van der Waals surface area contributed by atoms with Gasteiger partial charge in [-0.25, -0.2) is 9.97 Å². The third kappa shape index (κ3) is 2.47. The summed E-state index contributed by atoms with van der Waals surface area (Å²) in [5.41, 5.74) is 0.351. The second kappa shape index (κ2) is 5.01. The molecule has 2 rings (SSSR count). The number of halogens is 1. The zero-order chi connectivity index (χ0) is 11.5. The zero-order valence-corrected chi connectivity index (χ0v) is 10.5. The first-order valence-corrected chi connectivity index (χ1v) is 6.54. The van der Waals surface area contributed by atoms with Gasteiger partial charge < -0.3 is 4.90 Å². The third-order valence-electron chi connectivity index (χ3n) is 2.61. The Balaban J connectivity index is 2.08. The van der Waals surface area contributed by atoms with Crippen molar-refractivity contribution in [3.63, 3.8) is 0 Å². The molecule has 1 aromatic heterocycles. The largest absolute Gasteiger partial charge is 0.336 e. The van der Waals surface area contributed by atoms with Gasteiger partial charge in [0, 0.05) is 18.8 Å². The smallest absolute Gasteiger partial charge is 0.274 e. The standard InChI is InChI=1S/C10H12ClN3OS/c1-14(7-2-3-16-6-7)10(15)8-4-13-9(11)5-12-8/h4-5,7H,2-3,6H2,1H3. The van der Waals surface area contributed by atoms with E-state index in [-0.39, 0.29) is 5.91 Å². The van der Waals surface area contributed by atoms with Crippen LogP contribution in [-0.2, 0) is 0 Å². The fourth-order valence-electron chi connectivity index (χ4n) is 1.60. The van der Waals surface area contributed by atoms with Gasteiger partial charge in [0.15, 0.2) is 0 Å². The van der Waals surface area contributed by atoms with Gasteiger partial charge in [-0.3, -0.25) is 4.79 Å². The Labute approximate surface area is 103 Å². The second-order valence-electron chi connectivity index (χ2n) is 3.66. The van der Waals surface area contributed by atoms with Crippen molar-refractivity contribution in [2.75, 3.05) is 18.6 Å². The third-order valence-corrected chi connectivity index (χ3v) is 3.95. The summed E-state index contributed by atoms with van der Waals surface area (Å²) >= 11 is 7.50. The van der Waals surface area contributed by atoms with Crippen molar-refractivity contribution < 1.29 is 4.79 Å². The molecule has 1 unspecified atom stereocenters. The van der Waals surface area contributed by atoms with E-state index in [2.05, 4.69) is 9.97 Å². The number of amides is 1. The minimum absolute atomic E-state index is 0.0864. The number of aromatic nitrogens is 2. The predicted molar refractivity (Wildman–Crippen MR) is 64.9 cm³/mol. The van der Waals surface area contributed by atoms with Gasteiger partial charge in [0.25, 0.3) is 5.91 Å². The first-order chi connectivity index (χ1) is 7.68. The van der Waals surface area contributed by atoms with Crippen LogP contribution in [0.4, 0.5) is 0 Å². The van der Waals surface area contributed by atoms with Crippen molar-refractivity contribution in [2.24, 2.45) is 0 Å². The number of hydrogen-bond acceptors (Lipinski definition) is 4. The molecule has 1 aliphatic heterocycles. The van der Waals surface area contributed by atoms with E-state index in [4.69, 9.17) is 11.6 Å². The maximum absolute atomic E-state index is 12.0. The topological polar surface area (TPSA) is 46.1 Å². The Hall–Kier alpha value is -0.810. The number of carbonyl (C=O) groups excluding carboxylic acids is 1. The second-order valence-corrected chi connectivity index (χ2v) is 5.19. The molecule has 6 heteroatoms. The van der Waals surface area contributed by atoms with Crippen molar-refractivity contribution >= 4 is 29.3 Å². The van der Waals surface area contributed by atoms with Crippen LogP contribution in [0.5, 0.6) is 0 Å². The van der Waals surface area contributed by atoms with Crippen LogP contribution < -0.4 is 0 Å². The van der Waals surface area contributed by atoms with E-state index < -0.39 is 0 Å². The monoisotopic (exact) mass is 257 g/mol. The molecular formula is C10H12ClN3OS. The van der Waals surface area contributed by atoms with Crippen molar-refractivity contribution in [1.82, 2.24) is 14.9 Å². The van der Waals surface area contributed by atoms with Crippen molar-refractivity contribution in [3.05, 3.63) is 23.2 Å². The molecule has 1 saturated heterocycles. The molecule has 0 bridgehead atoms. The van der Waals surface area contributed by atoms with Crippen LogP contribution in [0.3, 0.4) is 0 Å². The Morgan fingerprint density at radius 3 is 2.94 bits per heavy atom. The molecule has 0 saturated carbocycles. The lowest BCUT2D eigenvalue weighted by atomic mass is 10.2. The summed E-state index contributed by atoms with van der Waals surface area (Å²) in [7, 11) is 1.81. The first-order valence-electron chi connectivity index (χ1n) is 5.01. The maximum atomic E-state index is 12.0. The molecule has 1 aliphatic rings. The van der Waals surface area contributed by atoms with Crippen LogP contribution >= 0.6 is 23.4 Å². The lowest BCUT2D eigenvalue weighted by Crippen LogP contribution is -2.37. The number of carbonyl (C=O) groups is 1. The van der Waals surface area contributed by atoms with Crippen LogP contribution in [0.15, 0.2) is 12.4 Å². The normalized spacial score (nSPS) is 19.8. The van der Waals surface area contributed by atoms with Crippen molar-refractivity contribution in [2.45, 2.75) is 12.5 Å². The molecule has 0 N–H and O–H groups in total. The van der Waals surface area contributed by atoms with Crippen LogP contribution in [0.2, 0.25) is 5.15 Å². The summed E-state index contributed by atoms with van der Waals surface area (Å²) in [5.74, 6) is 2.04. The van der Waals surface area contributed by atoms with Gasteiger partial charge in [0.05, 0.1) is 12.4 Å². The van der Waals surface area contributed by atoms with Crippen LogP contribution in [0, 0.1) is 0 Å². The van der Waals surface area contributed by atoms with Gasteiger partial charge in [-0.05, 0) is 12.2 Å². The van der Waals surface area contributed by atoms with E-state index in [0.717, 1.165) is 17.9 Å². The molecule has 1 atom stereocenters. The Morgan fingerprint density at radius 2 is 2.38 bits per heavy atom. The minimum atomic E-state index is -0.0864. The molecule has 0 aromatic carbocycles. The fraction of sp³-hybridized carbons (Fsp3) is 0.500. The SMILES string of the molecule is CN(C(=O)c1cnc(Cl)cn1)C1CCSC1. The Bertz CT molecular complexity index is 378. The van der Waals surface area contributed by atoms with Gasteiger partial charge in [0.1, 0.15) is 10.8 Å². The summed E-state index contributed by atoms with van der Waals surface area (Å²) in [6.07, 6.45) is 3.86. The molecule has 1 fully saturated rings. The highest BCUT2D eigenvalue weighted by Gasteiger charge is 2.25. The molecule has 2 heterocycles. The van der Waals surface area contributed by atoms with Crippen molar-refractivity contribution in [3.8, 4) is 0 Å². The van der Waals surface area contributed by atoms with Gasteiger partial charge in [-0.2, -0.15) is 11.8 Å². The van der Waals surface area contributed by atoms with Gasteiger partial charge in [-0.15, -0.1) is 0 Å². The van der Waals surface area contributed by atoms with Gasteiger partial charge in [-0.1, -0.05) is 11.6 Å². The summed E-state index contributed by atoms with van der Waals surface area (Å²) in [6.45, 7) is 0. The fourth-order valence-corrected chi connectivity index (χ4v) is 2.96. The van der Waals surface area contributed by atoms with E-state index in [1.807, 2.05) is 18.8 Å². The summed E-state index contributed by atoms with van der Waals surface area (Å²) in [6, 6.07) is 0.315. The molecule has 86 valence electrons. The molecule has 0 spiro atoms. The van der Waals surface area contributed by atoms with Gasteiger partial charge in [0.2, 0.25) is 0 Å². The van der Waals surface area contributed by atoms with E-state index in [1.54, 1.807) is 4.90 Å². The molecular weight excluding hydrogens is 246 g/mol. The average molecular weight is 258 g/mol. The summed E-state index contributed by atoms with van der Waals surface area (Å²) in [4.78, 5) is 21.6. The summed E-state index contributed by atoms with van der Waals surface area (Å²) in [5, 5.41) is 0.302. The number of rotatable bonds is 2. The van der Waals surface area contributed by atoms with E-state index in [9.17, 15) is 4.79 Å². The lowest BCUT2D eigenvalue weighted by molar-refractivity contribution is 0.0741. The Kier molecular flexibility index (Phi) is 3.66. The average Bonchev–Trinajstić information content (AvgIpc) is 2.81. The molecule has 16 heavy (non-hydrogen) atoms. The molecule has 4 nitrogen and oxygen atoms in total. The summed E-state index contributed by atoms with van der Waals surface area (Å²) < 4.78 is 0. The first kappa shape index (κ1) is 11.7. The van der Waals surface area contributed by atoms with Gasteiger partial charge >= 0.3 is 0 Å². The van der Waals surface area contributed by atoms with Crippen LogP contribution in [0.1, 0.15) is 16.9 Å². The molecule has 0 radical (unpaired) electrons. The quantitative estimate of drug-likeness (QED) is 0.809. The number of nitrogens with zero attached hydrogens (tertiary/aromatic N) is 3. The molecule has 1 amide bonds. The highest BCUT2D eigenvalue weighted by Crippen LogP contribution is 2.22. The van der Waals surface area contributed by atoms with E-state index in [1.165, 1.54) is 12.4 Å². The van der Waals surface area contributed by atoms with E-state index >= 15 is 0 Å². The molecule has 0 aliphatic carbocycles. The maximum Gasteiger partial charge on any atom is 0.274 e. The lowest BCUT2D eigenvalue weighted by Gasteiger charge is -2.23. The van der Waals surface area contributed by atoms with E-state index in [0.29, 0.717) is 16.9 Å². The highest BCUT2D eigenvalue weighted by molar-refractivity contribution is 7.99. The Morgan fingerprint density at radius 1 is 1.56 bits per heavy atom. The zero-order valence-electron chi connectivity index (χ0n) is 8.89.